The van der Waals surface area contributed by atoms with Crippen LogP contribution < -0.4 is 5.32 Å². The van der Waals surface area contributed by atoms with E-state index < -0.39 is 0 Å². The molecule has 3 heteroatoms. The lowest BCUT2D eigenvalue weighted by Gasteiger charge is -2.25. The summed E-state index contributed by atoms with van der Waals surface area (Å²) in [6.07, 6.45) is 7.49. The molecule has 2 rings (SSSR count). The molecule has 2 atom stereocenters. The molecule has 16 heavy (non-hydrogen) atoms. The van der Waals surface area contributed by atoms with Crippen LogP contribution in [-0.4, -0.2) is 15.8 Å². The van der Waals surface area contributed by atoms with Crippen molar-refractivity contribution in [3.05, 3.63) is 18.0 Å². The molecule has 1 saturated carbocycles. The second kappa shape index (κ2) is 5.00. The Morgan fingerprint density at radius 2 is 2.06 bits per heavy atom. The molecule has 0 aromatic carbocycles. The van der Waals surface area contributed by atoms with E-state index in [2.05, 4.69) is 30.3 Å². The van der Waals surface area contributed by atoms with Gasteiger partial charge in [-0.15, -0.1) is 0 Å². The predicted molar refractivity (Wildman–Crippen MR) is 66.2 cm³/mol. The van der Waals surface area contributed by atoms with E-state index in [0.717, 1.165) is 5.92 Å². The molecule has 0 aliphatic heterocycles. The van der Waals surface area contributed by atoms with Gasteiger partial charge in [0.25, 0.3) is 0 Å². The molecule has 1 aliphatic carbocycles. The number of nitrogens with one attached hydrogen (secondary N) is 1. The zero-order valence-electron chi connectivity index (χ0n) is 10.6. The number of hydrogen-bond donors (Lipinski definition) is 1. The van der Waals surface area contributed by atoms with Crippen molar-refractivity contribution in [1.82, 2.24) is 15.1 Å². The molecule has 1 aromatic rings. The van der Waals surface area contributed by atoms with Crippen molar-refractivity contribution in [3.8, 4) is 0 Å². The van der Waals surface area contributed by atoms with Crippen LogP contribution in [0.3, 0.4) is 0 Å². The lowest BCUT2D eigenvalue weighted by Crippen LogP contribution is -2.35. The number of aryl methyl sites for hydroxylation is 1. The molecule has 1 unspecified atom stereocenters. The minimum absolute atomic E-state index is 0.392. The summed E-state index contributed by atoms with van der Waals surface area (Å²) in [6.45, 7) is 4.55. The molecule has 1 heterocycles. The first kappa shape index (κ1) is 11.6. The maximum atomic E-state index is 4.22. The lowest BCUT2D eigenvalue weighted by atomic mass is 9.99. The fourth-order valence-corrected chi connectivity index (χ4v) is 2.88. The Bertz CT molecular complexity index is 326. The highest BCUT2D eigenvalue weighted by molar-refractivity contribution is 5.05. The summed E-state index contributed by atoms with van der Waals surface area (Å²) in [7, 11) is 2.01. The van der Waals surface area contributed by atoms with Crippen LogP contribution in [0.1, 0.15) is 51.3 Å². The summed E-state index contributed by atoms with van der Waals surface area (Å²) in [5, 5.41) is 7.92. The van der Waals surface area contributed by atoms with Gasteiger partial charge in [-0.25, -0.2) is 0 Å². The summed E-state index contributed by atoms with van der Waals surface area (Å²) >= 11 is 0. The maximum absolute atomic E-state index is 4.22. The SMILES string of the molecule is CC(N[C@H](C)C1CCCC1)c1ccnn1C. The molecular formula is C13H23N3. The van der Waals surface area contributed by atoms with E-state index in [0.29, 0.717) is 12.1 Å². The van der Waals surface area contributed by atoms with Crippen molar-refractivity contribution in [1.29, 1.82) is 0 Å². The van der Waals surface area contributed by atoms with Gasteiger partial charge in [0.15, 0.2) is 0 Å². The van der Waals surface area contributed by atoms with Gasteiger partial charge in [-0.2, -0.15) is 5.10 Å². The van der Waals surface area contributed by atoms with Gasteiger partial charge in [-0.3, -0.25) is 4.68 Å². The quantitative estimate of drug-likeness (QED) is 0.847. The van der Waals surface area contributed by atoms with Gasteiger partial charge < -0.3 is 5.32 Å². The van der Waals surface area contributed by atoms with Crippen molar-refractivity contribution in [2.75, 3.05) is 0 Å². The first-order chi connectivity index (χ1) is 7.68. The third-order valence-corrected chi connectivity index (χ3v) is 3.92. The molecule has 0 amide bonds. The first-order valence-electron chi connectivity index (χ1n) is 6.42. The second-order valence-corrected chi connectivity index (χ2v) is 5.10. The molecule has 1 aliphatic rings. The topological polar surface area (TPSA) is 29.9 Å². The summed E-state index contributed by atoms with van der Waals surface area (Å²) in [5.74, 6) is 0.871. The molecule has 0 bridgehead atoms. The van der Waals surface area contributed by atoms with Crippen molar-refractivity contribution in [3.63, 3.8) is 0 Å². The van der Waals surface area contributed by atoms with Crippen LogP contribution in [0.15, 0.2) is 12.3 Å². The molecule has 3 nitrogen and oxygen atoms in total. The highest BCUT2D eigenvalue weighted by atomic mass is 15.3. The van der Waals surface area contributed by atoms with E-state index in [9.17, 15) is 0 Å². The van der Waals surface area contributed by atoms with Gasteiger partial charge in [0.2, 0.25) is 0 Å². The standard InChI is InChI=1S/C13H23N3/c1-10(12-6-4-5-7-12)15-11(2)13-8-9-14-16(13)3/h8-12,15H,4-7H2,1-3H3/t10-,11?/m1/s1. The fraction of sp³-hybridized carbons (Fsp3) is 0.769. The van der Waals surface area contributed by atoms with Gasteiger partial charge in [0.1, 0.15) is 0 Å². The third kappa shape index (κ3) is 2.46. The van der Waals surface area contributed by atoms with Gasteiger partial charge in [-0.05, 0) is 38.7 Å². The number of rotatable bonds is 4. The summed E-state index contributed by atoms with van der Waals surface area (Å²) < 4.78 is 1.96. The van der Waals surface area contributed by atoms with E-state index in [4.69, 9.17) is 0 Å². The second-order valence-electron chi connectivity index (χ2n) is 5.10. The predicted octanol–water partition coefficient (Wildman–Crippen LogP) is 2.65. The Kier molecular flexibility index (Phi) is 3.64. The van der Waals surface area contributed by atoms with Crippen LogP contribution in [0.2, 0.25) is 0 Å². The Morgan fingerprint density at radius 1 is 1.38 bits per heavy atom. The fourth-order valence-electron chi connectivity index (χ4n) is 2.88. The van der Waals surface area contributed by atoms with Gasteiger partial charge >= 0.3 is 0 Å². The zero-order chi connectivity index (χ0) is 11.5. The molecule has 1 fully saturated rings. The average molecular weight is 221 g/mol. The normalized spacial score (nSPS) is 21.2. The van der Waals surface area contributed by atoms with E-state index >= 15 is 0 Å². The molecule has 90 valence electrons. The third-order valence-electron chi connectivity index (χ3n) is 3.92. The first-order valence-corrected chi connectivity index (χ1v) is 6.42. The summed E-state index contributed by atoms with van der Waals surface area (Å²) in [5.41, 5.74) is 1.27. The van der Waals surface area contributed by atoms with Crippen molar-refractivity contribution in [2.45, 2.75) is 51.6 Å². The van der Waals surface area contributed by atoms with Gasteiger partial charge in [-0.1, -0.05) is 12.8 Å². The minimum atomic E-state index is 0.392. The van der Waals surface area contributed by atoms with Crippen LogP contribution in [-0.2, 0) is 7.05 Å². The molecule has 0 radical (unpaired) electrons. The molecule has 1 N–H and O–H groups in total. The van der Waals surface area contributed by atoms with Crippen LogP contribution >= 0.6 is 0 Å². The van der Waals surface area contributed by atoms with Crippen molar-refractivity contribution in [2.24, 2.45) is 13.0 Å². The van der Waals surface area contributed by atoms with E-state index in [1.807, 2.05) is 17.9 Å². The van der Waals surface area contributed by atoms with E-state index in [1.165, 1.54) is 31.4 Å². The van der Waals surface area contributed by atoms with Crippen LogP contribution in [0.25, 0.3) is 0 Å². The van der Waals surface area contributed by atoms with E-state index in [1.54, 1.807) is 0 Å². The van der Waals surface area contributed by atoms with Crippen molar-refractivity contribution >= 4 is 0 Å². The number of nitrogens with zero attached hydrogens (tertiary/aromatic N) is 2. The summed E-state index contributed by atoms with van der Waals surface area (Å²) in [6, 6.07) is 3.11. The number of hydrogen-bond acceptors (Lipinski definition) is 2. The molecule has 0 saturated heterocycles. The Morgan fingerprint density at radius 3 is 2.62 bits per heavy atom. The van der Waals surface area contributed by atoms with Crippen molar-refractivity contribution < 1.29 is 0 Å². The maximum Gasteiger partial charge on any atom is 0.0547 e. The Labute approximate surface area is 98.2 Å². The Hall–Kier alpha value is -0.830. The average Bonchev–Trinajstić information content (AvgIpc) is 2.86. The molecule has 0 spiro atoms. The Balaban J connectivity index is 1.91. The van der Waals surface area contributed by atoms with Crippen LogP contribution in [0.5, 0.6) is 0 Å². The monoisotopic (exact) mass is 221 g/mol. The highest BCUT2D eigenvalue weighted by Crippen LogP contribution is 2.28. The zero-order valence-corrected chi connectivity index (χ0v) is 10.6. The summed E-state index contributed by atoms with van der Waals surface area (Å²) in [4.78, 5) is 0. The van der Waals surface area contributed by atoms with Crippen LogP contribution in [0, 0.1) is 5.92 Å². The largest absolute Gasteiger partial charge is 0.306 e. The number of aromatic nitrogens is 2. The molecule has 1 aromatic heterocycles. The smallest absolute Gasteiger partial charge is 0.0547 e. The van der Waals surface area contributed by atoms with Gasteiger partial charge in [0.05, 0.1) is 5.69 Å². The highest BCUT2D eigenvalue weighted by Gasteiger charge is 2.23. The molecular weight excluding hydrogens is 198 g/mol. The van der Waals surface area contributed by atoms with Gasteiger partial charge in [0, 0.05) is 25.3 Å². The minimum Gasteiger partial charge on any atom is -0.306 e. The lowest BCUT2D eigenvalue weighted by molar-refractivity contribution is 0.346. The van der Waals surface area contributed by atoms with E-state index in [-0.39, 0.29) is 0 Å². The van der Waals surface area contributed by atoms with Crippen LogP contribution in [0.4, 0.5) is 0 Å².